The minimum Gasteiger partial charge on any atom is -0.496 e. The zero-order chi connectivity index (χ0) is 10.8. The number of ether oxygens (including phenoxy) is 1. The highest BCUT2D eigenvalue weighted by atomic mass is 127. The van der Waals surface area contributed by atoms with Crippen molar-refractivity contribution in [2.75, 3.05) is 7.11 Å². The summed E-state index contributed by atoms with van der Waals surface area (Å²) in [6, 6.07) is 3.53. The van der Waals surface area contributed by atoms with Gasteiger partial charge in [0.2, 0.25) is 0 Å². The summed E-state index contributed by atoms with van der Waals surface area (Å²) in [5, 5.41) is 0. The molecule has 0 fully saturated rings. The second-order valence-corrected chi connectivity index (χ2v) is 3.42. The topological polar surface area (TPSA) is 9.23 Å². The summed E-state index contributed by atoms with van der Waals surface area (Å²) < 4.78 is 42.3. The highest BCUT2D eigenvalue weighted by Gasteiger charge is 2.31. The fourth-order valence-electron chi connectivity index (χ4n) is 1.03. The average Bonchev–Trinajstić information content (AvgIpc) is 2.15. The molecule has 0 aliphatic carbocycles. The van der Waals surface area contributed by atoms with E-state index in [1.165, 1.54) is 13.2 Å². The Kier molecular flexibility index (Phi) is 3.63. The molecule has 5 heteroatoms. The van der Waals surface area contributed by atoms with Crippen molar-refractivity contribution in [3.8, 4) is 5.75 Å². The van der Waals surface area contributed by atoms with Crippen molar-refractivity contribution in [3.63, 3.8) is 0 Å². The molecule has 0 atom stereocenters. The van der Waals surface area contributed by atoms with Crippen LogP contribution in [0.1, 0.15) is 11.1 Å². The predicted octanol–water partition coefficient (Wildman–Crippen LogP) is 3.65. The van der Waals surface area contributed by atoms with Crippen LogP contribution in [0, 0.1) is 0 Å². The third kappa shape index (κ3) is 2.52. The number of benzene rings is 1. The molecular formula is C9H8F3IO. The molecule has 0 amide bonds. The number of methoxy groups -OCH3 is 1. The molecule has 0 N–H and O–H groups in total. The standard InChI is InChI=1S/C9H8F3IO/c1-14-8-4-7(9(10,11)12)3-2-6(8)5-13/h2-4H,5H2,1H3. The molecule has 0 aliphatic heterocycles. The molecule has 0 radical (unpaired) electrons. The summed E-state index contributed by atoms with van der Waals surface area (Å²) in [7, 11) is 1.37. The monoisotopic (exact) mass is 316 g/mol. The molecule has 0 bridgehead atoms. The molecule has 0 aliphatic rings. The molecule has 1 nitrogen and oxygen atoms in total. The van der Waals surface area contributed by atoms with Gasteiger partial charge in [-0.2, -0.15) is 13.2 Å². The highest BCUT2D eigenvalue weighted by molar-refractivity contribution is 14.1. The summed E-state index contributed by atoms with van der Waals surface area (Å²) in [6.07, 6.45) is -4.31. The highest BCUT2D eigenvalue weighted by Crippen LogP contribution is 2.33. The fourth-order valence-corrected chi connectivity index (χ4v) is 1.66. The van der Waals surface area contributed by atoms with E-state index in [0.717, 1.165) is 17.7 Å². The Labute approximate surface area is 93.4 Å². The number of hydrogen-bond donors (Lipinski definition) is 0. The SMILES string of the molecule is COc1cc(C(F)(F)F)ccc1CI. The summed E-state index contributed by atoms with van der Waals surface area (Å²) in [6.45, 7) is 0. The van der Waals surface area contributed by atoms with Gasteiger partial charge in [0.25, 0.3) is 0 Å². The summed E-state index contributed by atoms with van der Waals surface area (Å²) in [4.78, 5) is 0. The molecular weight excluding hydrogens is 308 g/mol. The molecule has 0 saturated heterocycles. The van der Waals surface area contributed by atoms with Crippen LogP contribution in [-0.4, -0.2) is 7.11 Å². The van der Waals surface area contributed by atoms with Crippen molar-refractivity contribution < 1.29 is 17.9 Å². The molecule has 0 saturated carbocycles. The van der Waals surface area contributed by atoms with Gasteiger partial charge in [0.15, 0.2) is 0 Å². The maximum absolute atomic E-state index is 12.3. The van der Waals surface area contributed by atoms with E-state index in [1.807, 2.05) is 0 Å². The van der Waals surface area contributed by atoms with Crippen LogP contribution in [0.15, 0.2) is 18.2 Å². The lowest BCUT2D eigenvalue weighted by atomic mass is 10.1. The summed E-state index contributed by atoms with van der Waals surface area (Å²) >= 11 is 2.07. The van der Waals surface area contributed by atoms with Crippen LogP contribution in [-0.2, 0) is 10.6 Å². The fraction of sp³-hybridized carbons (Fsp3) is 0.333. The Hall–Kier alpha value is -0.460. The van der Waals surface area contributed by atoms with E-state index >= 15 is 0 Å². The first kappa shape index (κ1) is 11.6. The lowest BCUT2D eigenvalue weighted by molar-refractivity contribution is -0.137. The predicted molar refractivity (Wildman–Crippen MR) is 55.7 cm³/mol. The van der Waals surface area contributed by atoms with Crippen LogP contribution >= 0.6 is 22.6 Å². The van der Waals surface area contributed by atoms with E-state index in [9.17, 15) is 13.2 Å². The van der Waals surface area contributed by atoms with Crippen LogP contribution in [0.2, 0.25) is 0 Å². The zero-order valence-electron chi connectivity index (χ0n) is 7.36. The van der Waals surface area contributed by atoms with Gasteiger partial charge in [0.1, 0.15) is 5.75 Å². The van der Waals surface area contributed by atoms with Gasteiger partial charge in [-0.25, -0.2) is 0 Å². The van der Waals surface area contributed by atoms with Crippen LogP contribution in [0.3, 0.4) is 0 Å². The van der Waals surface area contributed by atoms with Crippen LogP contribution in [0.4, 0.5) is 13.2 Å². The Morgan fingerprint density at radius 2 is 2.00 bits per heavy atom. The first-order valence-corrected chi connectivity index (χ1v) is 5.31. The molecule has 1 aromatic rings. The number of alkyl halides is 4. The van der Waals surface area contributed by atoms with E-state index in [2.05, 4.69) is 22.6 Å². The minimum atomic E-state index is -4.31. The minimum absolute atomic E-state index is 0.286. The van der Waals surface area contributed by atoms with Crippen LogP contribution in [0.25, 0.3) is 0 Å². The average molecular weight is 316 g/mol. The number of rotatable bonds is 2. The van der Waals surface area contributed by atoms with Gasteiger partial charge in [-0.3, -0.25) is 0 Å². The van der Waals surface area contributed by atoms with Crippen LogP contribution < -0.4 is 4.74 Å². The van der Waals surface area contributed by atoms with E-state index < -0.39 is 11.7 Å². The second kappa shape index (κ2) is 4.37. The van der Waals surface area contributed by atoms with Crippen molar-refractivity contribution in [1.29, 1.82) is 0 Å². The molecule has 0 unspecified atom stereocenters. The zero-order valence-corrected chi connectivity index (χ0v) is 9.52. The number of halogens is 4. The molecule has 0 heterocycles. The van der Waals surface area contributed by atoms with Crippen molar-refractivity contribution in [2.45, 2.75) is 10.6 Å². The van der Waals surface area contributed by atoms with Gasteiger partial charge < -0.3 is 4.74 Å². The van der Waals surface area contributed by atoms with Gasteiger partial charge in [-0.05, 0) is 12.1 Å². The van der Waals surface area contributed by atoms with E-state index in [0.29, 0.717) is 4.43 Å². The van der Waals surface area contributed by atoms with E-state index in [4.69, 9.17) is 4.74 Å². The Morgan fingerprint density at radius 1 is 1.36 bits per heavy atom. The first-order chi connectivity index (χ1) is 6.49. The Balaban J connectivity index is 3.14. The maximum atomic E-state index is 12.3. The van der Waals surface area contributed by atoms with Gasteiger partial charge >= 0.3 is 6.18 Å². The molecule has 14 heavy (non-hydrogen) atoms. The quantitative estimate of drug-likeness (QED) is 0.598. The normalized spacial score (nSPS) is 11.5. The third-order valence-electron chi connectivity index (χ3n) is 1.76. The largest absolute Gasteiger partial charge is 0.496 e. The number of hydrogen-bond acceptors (Lipinski definition) is 1. The lowest BCUT2D eigenvalue weighted by Gasteiger charge is -2.10. The smallest absolute Gasteiger partial charge is 0.416 e. The van der Waals surface area contributed by atoms with Crippen molar-refractivity contribution in [1.82, 2.24) is 0 Å². The van der Waals surface area contributed by atoms with Crippen LogP contribution in [0.5, 0.6) is 5.75 Å². The lowest BCUT2D eigenvalue weighted by Crippen LogP contribution is -2.05. The van der Waals surface area contributed by atoms with Gasteiger partial charge in [-0.15, -0.1) is 0 Å². The Morgan fingerprint density at radius 3 is 2.43 bits per heavy atom. The molecule has 0 spiro atoms. The summed E-state index contributed by atoms with van der Waals surface area (Å²) in [5.41, 5.74) is 0.0871. The first-order valence-electron chi connectivity index (χ1n) is 3.79. The molecule has 0 aromatic heterocycles. The van der Waals surface area contributed by atoms with Crippen molar-refractivity contribution in [2.24, 2.45) is 0 Å². The summed E-state index contributed by atoms with van der Waals surface area (Å²) in [5.74, 6) is 0.286. The second-order valence-electron chi connectivity index (χ2n) is 2.66. The molecule has 1 aromatic carbocycles. The molecule has 1 rings (SSSR count). The maximum Gasteiger partial charge on any atom is 0.416 e. The molecule has 78 valence electrons. The van der Waals surface area contributed by atoms with Gasteiger partial charge in [-0.1, -0.05) is 28.7 Å². The van der Waals surface area contributed by atoms with Gasteiger partial charge in [0.05, 0.1) is 12.7 Å². The van der Waals surface area contributed by atoms with E-state index in [-0.39, 0.29) is 5.75 Å². The third-order valence-corrected chi connectivity index (χ3v) is 2.58. The van der Waals surface area contributed by atoms with Crippen molar-refractivity contribution in [3.05, 3.63) is 29.3 Å². The van der Waals surface area contributed by atoms with Gasteiger partial charge in [0, 0.05) is 9.99 Å². The van der Waals surface area contributed by atoms with Crippen molar-refractivity contribution >= 4 is 22.6 Å². The Bertz CT molecular complexity index is 322. The van der Waals surface area contributed by atoms with E-state index in [1.54, 1.807) is 0 Å².